The number of ether oxygens (including phenoxy) is 1. The summed E-state index contributed by atoms with van der Waals surface area (Å²) < 4.78 is 10.7. The molecule has 1 aromatic carbocycles. The molecule has 0 saturated heterocycles. The van der Waals surface area contributed by atoms with Gasteiger partial charge >= 0.3 is 0 Å². The molecule has 0 aliphatic heterocycles. The molecule has 0 saturated carbocycles. The lowest BCUT2D eigenvalue weighted by Crippen LogP contribution is -1.85. The summed E-state index contributed by atoms with van der Waals surface area (Å²) in [6, 6.07) is 11.1. The first-order valence-corrected chi connectivity index (χ1v) is 5.36. The van der Waals surface area contributed by atoms with Gasteiger partial charge in [-0.25, -0.2) is 0 Å². The van der Waals surface area contributed by atoms with Crippen LogP contribution in [0.25, 0.3) is 11.5 Å². The van der Waals surface area contributed by atoms with E-state index in [1.54, 1.807) is 12.4 Å². The van der Waals surface area contributed by atoms with Gasteiger partial charge in [0.25, 0.3) is 0 Å². The van der Waals surface area contributed by atoms with Gasteiger partial charge in [-0.05, 0) is 36.4 Å². The SMILES string of the molecule is c1cncc(Oc2ccc(-c3nnco3)cc2)c1. The summed E-state index contributed by atoms with van der Waals surface area (Å²) in [5.41, 5.74) is 0.853. The predicted octanol–water partition coefficient (Wildman–Crippen LogP) is 2.92. The average molecular weight is 239 g/mol. The van der Waals surface area contributed by atoms with Crippen LogP contribution in [0.1, 0.15) is 0 Å². The van der Waals surface area contributed by atoms with Crippen LogP contribution in [0.2, 0.25) is 0 Å². The summed E-state index contributed by atoms with van der Waals surface area (Å²) in [5.74, 6) is 1.91. The van der Waals surface area contributed by atoms with Crippen LogP contribution in [-0.2, 0) is 0 Å². The molecule has 0 N–H and O–H groups in total. The molecule has 18 heavy (non-hydrogen) atoms. The summed E-state index contributed by atoms with van der Waals surface area (Å²) in [7, 11) is 0. The van der Waals surface area contributed by atoms with Crippen LogP contribution < -0.4 is 4.74 Å². The van der Waals surface area contributed by atoms with Crippen molar-refractivity contribution in [3.8, 4) is 23.0 Å². The highest BCUT2D eigenvalue weighted by Gasteiger charge is 2.03. The van der Waals surface area contributed by atoms with Crippen molar-refractivity contribution in [3.63, 3.8) is 0 Å². The molecule has 2 heterocycles. The van der Waals surface area contributed by atoms with Crippen LogP contribution in [0.15, 0.2) is 59.6 Å². The molecule has 0 spiro atoms. The maximum Gasteiger partial charge on any atom is 0.247 e. The molecule has 3 rings (SSSR count). The van der Waals surface area contributed by atoms with Gasteiger partial charge in [0.1, 0.15) is 11.5 Å². The van der Waals surface area contributed by atoms with Gasteiger partial charge in [-0.15, -0.1) is 10.2 Å². The molecule has 0 fully saturated rings. The van der Waals surface area contributed by atoms with Crippen LogP contribution >= 0.6 is 0 Å². The highest BCUT2D eigenvalue weighted by molar-refractivity contribution is 5.54. The summed E-state index contributed by atoms with van der Waals surface area (Å²) in [6.45, 7) is 0. The van der Waals surface area contributed by atoms with Crippen molar-refractivity contribution in [3.05, 3.63) is 55.2 Å². The second-order valence-electron chi connectivity index (χ2n) is 3.56. The Labute approximate surface area is 103 Å². The number of rotatable bonds is 3. The van der Waals surface area contributed by atoms with E-state index in [9.17, 15) is 0 Å². The standard InChI is InChI=1S/C13H9N3O2/c1-2-12(8-14-7-1)18-11-5-3-10(4-6-11)13-16-15-9-17-13/h1-9H. The molecule has 0 amide bonds. The Morgan fingerprint density at radius 2 is 1.89 bits per heavy atom. The lowest BCUT2D eigenvalue weighted by Gasteiger charge is -2.04. The van der Waals surface area contributed by atoms with E-state index < -0.39 is 0 Å². The molecular weight excluding hydrogens is 230 g/mol. The van der Waals surface area contributed by atoms with E-state index in [0.717, 1.165) is 11.3 Å². The largest absolute Gasteiger partial charge is 0.456 e. The molecule has 88 valence electrons. The summed E-state index contributed by atoms with van der Waals surface area (Å²) in [5, 5.41) is 7.47. The lowest BCUT2D eigenvalue weighted by molar-refractivity contribution is 0.480. The molecule has 0 bridgehead atoms. The van der Waals surface area contributed by atoms with Crippen LogP contribution in [0.4, 0.5) is 0 Å². The van der Waals surface area contributed by atoms with Gasteiger partial charge in [0.05, 0.1) is 6.20 Å². The third-order valence-electron chi connectivity index (χ3n) is 2.33. The van der Waals surface area contributed by atoms with E-state index in [-0.39, 0.29) is 0 Å². The molecule has 0 aliphatic carbocycles. The minimum atomic E-state index is 0.489. The number of pyridine rings is 1. The zero-order valence-electron chi connectivity index (χ0n) is 9.35. The van der Waals surface area contributed by atoms with Crippen LogP contribution in [-0.4, -0.2) is 15.2 Å². The zero-order chi connectivity index (χ0) is 12.2. The second kappa shape index (κ2) is 4.67. The maximum absolute atomic E-state index is 5.62. The highest BCUT2D eigenvalue weighted by Crippen LogP contribution is 2.23. The third-order valence-corrected chi connectivity index (χ3v) is 2.33. The van der Waals surface area contributed by atoms with Gasteiger partial charge in [-0.2, -0.15) is 0 Å². The molecule has 0 radical (unpaired) electrons. The van der Waals surface area contributed by atoms with Crippen molar-refractivity contribution >= 4 is 0 Å². The van der Waals surface area contributed by atoms with Crippen molar-refractivity contribution in [1.82, 2.24) is 15.2 Å². The zero-order valence-corrected chi connectivity index (χ0v) is 9.35. The Hall–Kier alpha value is -2.69. The third kappa shape index (κ3) is 2.20. The van der Waals surface area contributed by atoms with E-state index >= 15 is 0 Å². The number of hydrogen-bond acceptors (Lipinski definition) is 5. The Morgan fingerprint density at radius 3 is 2.56 bits per heavy atom. The molecule has 3 aromatic rings. The quantitative estimate of drug-likeness (QED) is 0.703. The Balaban J connectivity index is 1.80. The van der Waals surface area contributed by atoms with Crippen molar-refractivity contribution in [2.45, 2.75) is 0 Å². The first-order valence-electron chi connectivity index (χ1n) is 5.36. The van der Waals surface area contributed by atoms with Crippen molar-refractivity contribution < 1.29 is 9.15 Å². The minimum absolute atomic E-state index is 0.489. The smallest absolute Gasteiger partial charge is 0.247 e. The van der Waals surface area contributed by atoms with Crippen molar-refractivity contribution in [2.24, 2.45) is 0 Å². The van der Waals surface area contributed by atoms with E-state index in [0.29, 0.717) is 11.6 Å². The van der Waals surface area contributed by atoms with Gasteiger partial charge in [0, 0.05) is 11.8 Å². The monoisotopic (exact) mass is 239 g/mol. The average Bonchev–Trinajstić information content (AvgIpc) is 2.95. The topological polar surface area (TPSA) is 61.0 Å². The minimum Gasteiger partial charge on any atom is -0.456 e. The summed E-state index contributed by atoms with van der Waals surface area (Å²) in [4.78, 5) is 3.98. The number of nitrogens with zero attached hydrogens (tertiary/aromatic N) is 3. The summed E-state index contributed by atoms with van der Waals surface area (Å²) in [6.07, 6.45) is 4.66. The number of hydrogen-bond donors (Lipinski definition) is 0. The molecule has 2 aromatic heterocycles. The Kier molecular flexibility index (Phi) is 2.71. The molecular formula is C13H9N3O2. The van der Waals surface area contributed by atoms with E-state index in [1.807, 2.05) is 36.4 Å². The molecule has 0 unspecified atom stereocenters. The van der Waals surface area contributed by atoms with E-state index in [4.69, 9.17) is 9.15 Å². The number of aromatic nitrogens is 3. The van der Waals surface area contributed by atoms with Gasteiger partial charge in [0.15, 0.2) is 0 Å². The lowest BCUT2D eigenvalue weighted by atomic mass is 10.2. The van der Waals surface area contributed by atoms with Gasteiger partial charge in [-0.3, -0.25) is 4.98 Å². The van der Waals surface area contributed by atoms with Crippen molar-refractivity contribution in [1.29, 1.82) is 0 Å². The van der Waals surface area contributed by atoms with E-state index in [2.05, 4.69) is 15.2 Å². The fourth-order valence-corrected chi connectivity index (χ4v) is 1.51. The normalized spacial score (nSPS) is 10.2. The first kappa shape index (κ1) is 10.5. The maximum atomic E-state index is 5.62. The Bertz CT molecular complexity index is 607. The van der Waals surface area contributed by atoms with Crippen LogP contribution in [0.5, 0.6) is 11.5 Å². The highest BCUT2D eigenvalue weighted by atomic mass is 16.5. The van der Waals surface area contributed by atoms with Crippen LogP contribution in [0.3, 0.4) is 0 Å². The molecule has 0 aliphatic rings. The fourth-order valence-electron chi connectivity index (χ4n) is 1.51. The predicted molar refractivity (Wildman–Crippen MR) is 64.0 cm³/mol. The second-order valence-corrected chi connectivity index (χ2v) is 3.56. The van der Waals surface area contributed by atoms with Gasteiger partial charge in [-0.1, -0.05) is 0 Å². The number of benzene rings is 1. The molecule has 5 nitrogen and oxygen atoms in total. The van der Waals surface area contributed by atoms with E-state index in [1.165, 1.54) is 6.39 Å². The van der Waals surface area contributed by atoms with Gasteiger partial charge < -0.3 is 9.15 Å². The van der Waals surface area contributed by atoms with Gasteiger partial charge in [0.2, 0.25) is 12.3 Å². The summed E-state index contributed by atoms with van der Waals surface area (Å²) >= 11 is 0. The Morgan fingerprint density at radius 1 is 1.00 bits per heavy atom. The van der Waals surface area contributed by atoms with Crippen molar-refractivity contribution in [2.75, 3.05) is 0 Å². The molecule has 5 heteroatoms. The molecule has 0 atom stereocenters. The first-order chi connectivity index (χ1) is 8.92. The van der Waals surface area contributed by atoms with Crippen LogP contribution in [0, 0.1) is 0 Å². The fraction of sp³-hybridized carbons (Fsp3) is 0.